The molecule has 1 saturated heterocycles. The van der Waals surface area contributed by atoms with Gasteiger partial charge in [0.15, 0.2) is 6.29 Å². The number of likely N-dealkylation sites (N-methyl/N-ethyl adjacent to an activating group) is 1. The van der Waals surface area contributed by atoms with Crippen molar-refractivity contribution in [2.75, 3.05) is 45.7 Å². The summed E-state index contributed by atoms with van der Waals surface area (Å²) in [5.74, 6) is 0.839. The highest BCUT2D eigenvalue weighted by Crippen LogP contribution is 2.29. The molecular weight excluding hydrogens is 448 g/mol. The van der Waals surface area contributed by atoms with Gasteiger partial charge in [0, 0.05) is 18.7 Å². The van der Waals surface area contributed by atoms with E-state index in [4.69, 9.17) is 19.9 Å². The summed E-state index contributed by atoms with van der Waals surface area (Å²) in [5.41, 5.74) is 9.39. The standard InChI is InChI=1S/C31H36N2O3/c1-33(16-19-34-26-13-14-30(32)25(21-26)22-31-35-17-7-18-36-31)15-6-12-29-27-10-4-2-8-23(27)20-24-9-3-5-11-28(24)29/h2-5,8-11,13-14,20-21,31H,6-7,12,15-19,22,32H2,1H3. The molecule has 1 aliphatic heterocycles. The molecule has 0 aromatic heterocycles. The summed E-state index contributed by atoms with van der Waals surface area (Å²) >= 11 is 0. The average molecular weight is 485 g/mol. The molecule has 4 aromatic rings. The van der Waals surface area contributed by atoms with Gasteiger partial charge < -0.3 is 24.8 Å². The second kappa shape index (κ2) is 11.7. The zero-order valence-corrected chi connectivity index (χ0v) is 21.1. The Morgan fingerprint density at radius 1 is 0.889 bits per heavy atom. The van der Waals surface area contributed by atoms with Crippen molar-refractivity contribution in [2.45, 2.75) is 32.0 Å². The molecule has 5 heteroatoms. The summed E-state index contributed by atoms with van der Waals surface area (Å²) in [6, 6.07) is 25.6. The van der Waals surface area contributed by atoms with Gasteiger partial charge >= 0.3 is 0 Å². The quantitative estimate of drug-likeness (QED) is 0.227. The SMILES string of the molecule is CN(CCCc1c2ccccc2cc2ccccc12)CCOc1ccc(N)c(CC2OCCCO2)c1. The number of nitrogen functional groups attached to an aromatic ring is 1. The molecule has 0 saturated carbocycles. The molecule has 1 aliphatic rings. The van der Waals surface area contributed by atoms with Crippen LogP contribution in [0.2, 0.25) is 0 Å². The van der Waals surface area contributed by atoms with E-state index in [1.165, 1.54) is 27.1 Å². The van der Waals surface area contributed by atoms with Crippen molar-refractivity contribution in [1.82, 2.24) is 4.90 Å². The number of fused-ring (bicyclic) bond motifs is 2. The number of nitrogens with zero attached hydrogens (tertiary/aromatic N) is 1. The van der Waals surface area contributed by atoms with E-state index in [1.807, 2.05) is 18.2 Å². The van der Waals surface area contributed by atoms with Crippen molar-refractivity contribution >= 4 is 27.2 Å². The molecule has 0 spiro atoms. The van der Waals surface area contributed by atoms with Crippen molar-refractivity contribution in [1.29, 1.82) is 0 Å². The molecule has 188 valence electrons. The fraction of sp³-hybridized carbons (Fsp3) is 0.355. The van der Waals surface area contributed by atoms with Crippen LogP contribution < -0.4 is 10.5 Å². The van der Waals surface area contributed by atoms with Crippen LogP contribution in [-0.2, 0) is 22.3 Å². The second-order valence-electron chi connectivity index (χ2n) is 9.64. The van der Waals surface area contributed by atoms with E-state index in [-0.39, 0.29) is 6.29 Å². The lowest BCUT2D eigenvalue weighted by atomic mass is 9.94. The normalized spacial score (nSPS) is 14.6. The van der Waals surface area contributed by atoms with Crippen LogP contribution in [0, 0.1) is 0 Å². The topological polar surface area (TPSA) is 57.0 Å². The minimum Gasteiger partial charge on any atom is -0.492 e. The van der Waals surface area contributed by atoms with Gasteiger partial charge in [-0.1, -0.05) is 48.5 Å². The minimum atomic E-state index is -0.221. The molecule has 0 amide bonds. The van der Waals surface area contributed by atoms with E-state index >= 15 is 0 Å². The predicted molar refractivity (Wildman–Crippen MR) is 148 cm³/mol. The Bertz CT molecular complexity index is 1250. The first-order valence-electron chi connectivity index (χ1n) is 13.0. The zero-order valence-electron chi connectivity index (χ0n) is 21.1. The third-order valence-electron chi connectivity index (χ3n) is 6.99. The minimum absolute atomic E-state index is 0.221. The lowest BCUT2D eigenvalue weighted by molar-refractivity contribution is -0.176. The van der Waals surface area contributed by atoms with Crippen LogP contribution in [0.15, 0.2) is 72.8 Å². The van der Waals surface area contributed by atoms with Crippen LogP contribution in [0.1, 0.15) is 24.0 Å². The number of nitrogens with two attached hydrogens (primary N) is 1. The van der Waals surface area contributed by atoms with Crippen LogP contribution in [0.4, 0.5) is 5.69 Å². The molecule has 5 rings (SSSR count). The Balaban J connectivity index is 1.13. The smallest absolute Gasteiger partial charge is 0.161 e. The number of anilines is 1. The molecule has 4 aromatic carbocycles. The Morgan fingerprint density at radius 2 is 1.58 bits per heavy atom. The van der Waals surface area contributed by atoms with E-state index in [1.54, 1.807) is 0 Å². The maximum atomic E-state index is 6.18. The monoisotopic (exact) mass is 484 g/mol. The summed E-state index contributed by atoms with van der Waals surface area (Å²) in [5, 5.41) is 5.37. The zero-order chi connectivity index (χ0) is 24.7. The Morgan fingerprint density at radius 3 is 2.31 bits per heavy atom. The summed E-state index contributed by atoms with van der Waals surface area (Å²) in [6.07, 6.45) is 3.52. The number of benzene rings is 4. The highest BCUT2D eigenvalue weighted by atomic mass is 16.7. The molecule has 0 atom stereocenters. The fourth-order valence-electron chi connectivity index (χ4n) is 5.02. The van der Waals surface area contributed by atoms with Crippen LogP contribution >= 0.6 is 0 Å². The molecular formula is C31H36N2O3. The van der Waals surface area contributed by atoms with E-state index < -0.39 is 0 Å². The first-order chi connectivity index (χ1) is 17.7. The Hall–Kier alpha value is -3.12. The van der Waals surface area contributed by atoms with E-state index in [0.29, 0.717) is 13.0 Å². The van der Waals surface area contributed by atoms with Crippen molar-refractivity contribution in [3.63, 3.8) is 0 Å². The maximum Gasteiger partial charge on any atom is 0.161 e. The van der Waals surface area contributed by atoms with Crippen molar-refractivity contribution in [3.05, 3.63) is 83.9 Å². The van der Waals surface area contributed by atoms with E-state index in [0.717, 1.165) is 62.6 Å². The van der Waals surface area contributed by atoms with Gasteiger partial charge in [-0.3, -0.25) is 0 Å². The fourth-order valence-corrected chi connectivity index (χ4v) is 5.02. The largest absolute Gasteiger partial charge is 0.492 e. The summed E-state index contributed by atoms with van der Waals surface area (Å²) in [4.78, 5) is 2.34. The van der Waals surface area contributed by atoms with Gasteiger partial charge in [0.2, 0.25) is 0 Å². The van der Waals surface area contributed by atoms with Gasteiger partial charge in [-0.05, 0) is 89.8 Å². The maximum absolute atomic E-state index is 6.18. The van der Waals surface area contributed by atoms with E-state index in [2.05, 4.69) is 66.5 Å². The summed E-state index contributed by atoms with van der Waals surface area (Å²) in [6.45, 7) is 4.00. The van der Waals surface area contributed by atoms with Crippen molar-refractivity contribution < 1.29 is 14.2 Å². The molecule has 0 unspecified atom stereocenters. The van der Waals surface area contributed by atoms with Crippen LogP contribution in [-0.4, -0.2) is 51.1 Å². The molecule has 2 N–H and O–H groups in total. The molecule has 0 aliphatic carbocycles. The number of aryl methyl sites for hydroxylation is 1. The first-order valence-corrected chi connectivity index (χ1v) is 13.0. The van der Waals surface area contributed by atoms with Gasteiger partial charge in [0.1, 0.15) is 12.4 Å². The third kappa shape index (κ3) is 5.98. The number of hydrogen-bond acceptors (Lipinski definition) is 5. The Kier molecular flexibility index (Phi) is 8.01. The number of ether oxygens (including phenoxy) is 3. The van der Waals surface area contributed by atoms with Gasteiger partial charge in [-0.25, -0.2) is 0 Å². The predicted octanol–water partition coefficient (Wildman–Crippen LogP) is 5.82. The number of hydrogen-bond donors (Lipinski definition) is 1. The van der Waals surface area contributed by atoms with Crippen LogP contribution in [0.25, 0.3) is 21.5 Å². The van der Waals surface area contributed by atoms with Gasteiger partial charge in [-0.2, -0.15) is 0 Å². The molecule has 0 bridgehead atoms. The lowest BCUT2D eigenvalue weighted by Crippen LogP contribution is -2.27. The average Bonchev–Trinajstić information content (AvgIpc) is 2.90. The second-order valence-corrected chi connectivity index (χ2v) is 9.64. The summed E-state index contributed by atoms with van der Waals surface area (Å²) in [7, 11) is 2.16. The highest BCUT2D eigenvalue weighted by molar-refractivity contribution is 6.02. The third-order valence-corrected chi connectivity index (χ3v) is 6.99. The molecule has 1 heterocycles. The van der Waals surface area contributed by atoms with Crippen molar-refractivity contribution in [3.8, 4) is 5.75 Å². The molecule has 0 radical (unpaired) electrons. The molecule has 5 nitrogen and oxygen atoms in total. The van der Waals surface area contributed by atoms with E-state index in [9.17, 15) is 0 Å². The molecule has 36 heavy (non-hydrogen) atoms. The van der Waals surface area contributed by atoms with Gasteiger partial charge in [0.05, 0.1) is 13.2 Å². The van der Waals surface area contributed by atoms with Crippen LogP contribution in [0.3, 0.4) is 0 Å². The number of rotatable bonds is 10. The molecule has 1 fully saturated rings. The van der Waals surface area contributed by atoms with Crippen molar-refractivity contribution in [2.24, 2.45) is 0 Å². The van der Waals surface area contributed by atoms with Gasteiger partial charge in [0.25, 0.3) is 0 Å². The lowest BCUT2D eigenvalue weighted by Gasteiger charge is -2.24. The first kappa shape index (κ1) is 24.6. The van der Waals surface area contributed by atoms with Crippen LogP contribution in [0.5, 0.6) is 5.75 Å². The Labute approximate surface area is 213 Å². The van der Waals surface area contributed by atoms with Gasteiger partial charge in [-0.15, -0.1) is 0 Å². The highest BCUT2D eigenvalue weighted by Gasteiger charge is 2.16. The summed E-state index contributed by atoms with van der Waals surface area (Å²) < 4.78 is 17.4.